The smallest absolute Gasteiger partial charge is 0.190 e. The minimum atomic E-state index is -0.595. The van der Waals surface area contributed by atoms with Gasteiger partial charge in [-0.2, -0.15) is 0 Å². The highest BCUT2D eigenvalue weighted by atomic mass is 32.2. The van der Waals surface area contributed by atoms with E-state index in [0.717, 1.165) is 11.9 Å². The van der Waals surface area contributed by atoms with Crippen LogP contribution in [0.3, 0.4) is 0 Å². The molecule has 2 heterocycles. The number of aromatic nitrogens is 3. The van der Waals surface area contributed by atoms with Crippen molar-refractivity contribution in [1.82, 2.24) is 15.0 Å². The lowest BCUT2D eigenvalue weighted by Crippen LogP contribution is -1.98. The fraction of sp³-hybridized carbons (Fsp3) is 0.100. The zero-order valence-electron chi connectivity index (χ0n) is 8.30. The molecule has 0 amide bonds. The van der Waals surface area contributed by atoms with Crippen molar-refractivity contribution in [2.45, 2.75) is 10.9 Å². The third-order valence-corrected chi connectivity index (χ3v) is 2.72. The van der Waals surface area contributed by atoms with E-state index in [1.165, 1.54) is 11.8 Å². The van der Waals surface area contributed by atoms with Gasteiger partial charge in [-0.15, -0.1) is 0 Å². The van der Waals surface area contributed by atoms with Crippen LogP contribution in [-0.2, 0) is 5.75 Å². The van der Waals surface area contributed by atoms with Gasteiger partial charge in [-0.3, -0.25) is 4.98 Å². The van der Waals surface area contributed by atoms with Gasteiger partial charge in [0.05, 0.1) is 11.9 Å². The molecule has 0 atom stereocenters. The molecule has 2 rings (SSSR count). The third kappa shape index (κ3) is 2.66. The predicted molar refractivity (Wildman–Crippen MR) is 60.2 cm³/mol. The van der Waals surface area contributed by atoms with E-state index in [2.05, 4.69) is 15.0 Å². The van der Waals surface area contributed by atoms with Crippen molar-refractivity contribution >= 4 is 17.6 Å². The maximum atomic E-state index is 12.8. The van der Waals surface area contributed by atoms with Gasteiger partial charge in [0.2, 0.25) is 0 Å². The zero-order valence-corrected chi connectivity index (χ0v) is 9.12. The number of nitrogens with zero attached hydrogens (tertiary/aromatic N) is 3. The van der Waals surface area contributed by atoms with Gasteiger partial charge in [-0.1, -0.05) is 17.8 Å². The van der Waals surface area contributed by atoms with Crippen LogP contribution in [0.25, 0.3) is 0 Å². The molecule has 2 aromatic heterocycles. The second-order valence-corrected chi connectivity index (χ2v) is 3.94. The molecule has 0 aromatic carbocycles. The Labute approximate surface area is 96.1 Å². The summed E-state index contributed by atoms with van der Waals surface area (Å²) < 4.78 is 12.8. The second kappa shape index (κ2) is 4.89. The molecular weight excluding hydrogens is 227 g/mol. The van der Waals surface area contributed by atoms with Crippen LogP contribution in [0.4, 0.5) is 10.2 Å². The number of rotatable bonds is 3. The molecule has 0 spiro atoms. The van der Waals surface area contributed by atoms with Crippen molar-refractivity contribution in [3.05, 3.63) is 42.1 Å². The fourth-order valence-corrected chi connectivity index (χ4v) is 1.79. The van der Waals surface area contributed by atoms with Crippen molar-refractivity contribution in [3.63, 3.8) is 0 Å². The molecule has 0 aliphatic carbocycles. The number of halogens is 1. The molecule has 0 saturated carbocycles. The van der Waals surface area contributed by atoms with Crippen molar-refractivity contribution in [2.24, 2.45) is 0 Å². The maximum Gasteiger partial charge on any atom is 0.190 e. The summed E-state index contributed by atoms with van der Waals surface area (Å²) in [5.74, 6) is -0.0907. The first-order valence-corrected chi connectivity index (χ1v) is 5.55. The van der Waals surface area contributed by atoms with Crippen molar-refractivity contribution in [3.8, 4) is 0 Å². The normalized spacial score (nSPS) is 10.3. The van der Waals surface area contributed by atoms with Crippen molar-refractivity contribution < 1.29 is 4.39 Å². The number of hydrogen-bond donors (Lipinski definition) is 1. The van der Waals surface area contributed by atoms with Crippen molar-refractivity contribution in [1.29, 1.82) is 0 Å². The average Bonchev–Trinajstić information content (AvgIpc) is 2.32. The van der Waals surface area contributed by atoms with E-state index in [1.807, 2.05) is 18.2 Å². The van der Waals surface area contributed by atoms with Gasteiger partial charge in [0.25, 0.3) is 0 Å². The van der Waals surface area contributed by atoms with Crippen LogP contribution in [0.5, 0.6) is 0 Å². The van der Waals surface area contributed by atoms with Gasteiger partial charge in [0.1, 0.15) is 0 Å². The van der Waals surface area contributed by atoms with Gasteiger partial charge < -0.3 is 5.73 Å². The van der Waals surface area contributed by atoms with E-state index in [-0.39, 0.29) is 5.82 Å². The Hall–Kier alpha value is -1.69. The molecular formula is C10H9FN4S. The summed E-state index contributed by atoms with van der Waals surface area (Å²) in [6.45, 7) is 0. The number of hydrogen-bond acceptors (Lipinski definition) is 5. The second-order valence-electron chi connectivity index (χ2n) is 3.00. The number of anilines is 1. The van der Waals surface area contributed by atoms with Crippen LogP contribution in [0, 0.1) is 5.82 Å². The third-order valence-electron chi connectivity index (χ3n) is 1.82. The van der Waals surface area contributed by atoms with Crippen molar-refractivity contribution in [2.75, 3.05) is 5.73 Å². The Balaban J connectivity index is 2.03. The van der Waals surface area contributed by atoms with E-state index in [9.17, 15) is 4.39 Å². The van der Waals surface area contributed by atoms with E-state index in [1.54, 1.807) is 6.20 Å². The SMILES string of the molecule is Nc1nc(SCc2ccccn2)ncc1F. The van der Waals surface area contributed by atoms with Gasteiger partial charge >= 0.3 is 0 Å². The molecule has 4 nitrogen and oxygen atoms in total. The lowest BCUT2D eigenvalue weighted by molar-refractivity contribution is 0.612. The molecule has 2 aromatic rings. The summed E-state index contributed by atoms with van der Waals surface area (Å²) in [7, 11) is 0. The summed E-state index contributed by atoms with van der Waals surface area (Å²) >= 11 is 1.36. The highest BCUT2D eigenvalue weighted by Crippen LogP contribution is 2.19. The molecule has 0 bridgehead atoms. The van der Waals surface area contributed by atoms with E-state index in [4.69, 9.17) is 5.73 Å². The van der Waals surface area contributed by atoms with Crippen LogP contribution in [-0.4, -0.2) is 15.0 Å². The van der Waals surface area contributed by atoms with Gasteiger partial charge in [-0.25, -0.2) is 14.4 Å². The quantitative estimate of drug-likeness (QED) is 0.651. The number of nitrogen functional groups attached to an aromatic ring is 1. The van der Waals surface area contributed by atoms with Gasteiger partial charge in [0.15, 0.2) is 16.8 Å². The molecule has 0 aliphatic rings. The van der Waals surface area contributed by atoms with E-state index in [0.29, 0.717) is 10.9 Å². The Morgan fingerprint density at radius 3 is 2.88 bits per heavy atom. The van der Waals surface area contributed by atoms with E-state index < -0.39 is 5.82 Å². The van der Waals surface area contributed by atoms with E-state index >= 15 is 0 Å². The van der Waals surface area contributed by atoms with Crippen LogP contribution < -0.4 is 5.73 Å². The first kappa shape index (κ1) is 10.8. The lowest BCUT2D eigenvalue weighted by atomic mass is 10.4. The van der Waals surface area contributed by atoms with Gasteiger partial charge in [0, 0.05) is 11.9 Å². The molecule has 0 fully saturated rings. The maximum absolute atomic E-state index is 12.8. The number of pyridine rings is 1. The molecule has 0 aliphatic heterocycles. The molecule has 0 radical (unpaired) electrons. The molecule has 16 heavy (non-hydrogen) atoms. The molecule has 2 N–H and O–H groups in total. The Kier molecular flexibility index (Phi) is 3.31. The summed E-state index contributed by atoms with van der Waals surface area (Å²) in [6, 6.07) is 5.66. The lowest BCUT2D eigenvalue weighted by Gasteiger charge is -2.01. The monoisotopic (exact) mass is 236 g/mol. The molecule has 82 valence electrons. The Morgan fingerprint density at radius 2 is 2.19 bits per heavy atom. The highest BCUT2D eigenvalue weighted by Gasteiger charge is 2.04. The first-order valence-electron chi connectivity index (χ1n) is 4.56. The molecule has 0 unspecified atom stereocenters. The number of thioether (sulfide) groups is 1. The van der Waals surface area contributed by atoms with Crippen LogP contribution in [0.2, 0.25) is 0 Å². The summed E-state index contributed by atoms with van der Waals surface area (Å²) in [5.41, 5.74) is 6.25. The Bertz CT molecular complexity index is 478. The fourth-order valence-electron chi connectivity index (χ4n) is 1.05. The predicted octanol–water partition coefficient (Wildman–Crippen LogP) is 1.89. The number of nitrogens with two attached hydrogens (primary N) is 1. The average molecular weight is 236 g/mol. The summed E-state index contributed by atoms with van der Waals surface area (Å²) in [4.78, 5) is 11.8. The van der Waals surface area contributed by atoms with Gasteiger partial charge in [-0.05, 0) is 12.1 Å². The zero-order chi connectivity index (χ0) is 11.4. The van der Waals surface area contributed by atoms with Crippen LogP contribution in [0.1, 0.15) is 5.69 Å². The van der Waals surface area contributed by atoms with Crippen LogP contribution >= 0.6 is 11.8 Å². The minimum absolute atomic E-state index is 0.126. The highest BCUT2D eigenvalue weighted by molar-refractivity contribution is 7.98. The minimum Gasteiger partial charge on any atom is -0.381 e. The Morgan fingerprint density at radius 1 is 1.31 bits per heavy atom. The topological polar surface area (TPSA) is 64.7 Å². The van der Waals surface area contributed by atoms with Crippen LogP contribution in [0.15, 0.2) is 35.7 Å². The standard InChI is InChI=1S/C10H9FN4S/c11-8-5-14-10(15-9(8)12)16-6-7-3-1-2-4-13-7/h1-5H,6H2,(H2,12,14,15). The molecule has 6 heteroatoms. The summed E-state index contributed by atoms with van der Waals surface area (Å²) in [6.07, 6.45) is 2.79. The largest absolute Gasteiger partial charge is 0.381 e. The first-order chi connectivity index (χ1) is 7.75. The summed E-state index contributed by atoms with van der Waals surface area (Å²) in [5, 5.41) is 0.449. The molecule has 0 saturated heterocycles.